The predicted molar refractivity (Wildman–Crippen MR) is 98.1 cm³/mol. The molecule has 0 aliphatic carbocycles. The number of likely N-dealkylation sites (tertiary alicyclic amines) is 1. The fourth-order valence-electron chi connectivity index (χ4n) is 3.31. The maximum atomic E-state index is 13.1. The number of alkyl halides is 3. The molecule has 1 aliphatic heterocycles. The van der Waals surface area contributed by atoms with Crippen molar-refractivity contribution in [2.45, 2.75) is 32.0 Å². The first-order valence-corrected chi connectivity index (χ1v) is 8.54. The summed E-state index contributed by atoms with van der Waals surface area (Å²) in [6.07, 6.45) is -1.76. The molecule has 3 rings (SSSR count). The second kappa shape index (κ2) is 8.31. The quantitative estimate of drug-likeness (QED) is 0.854. The largest absolute Gasteiger partial charge is 0.433 e. The molecule has 1 unspecified atom stereocenters. The van der Waals surface area contributed by atoms with E-state index < -0.39 is 11.9 Å². The highest BCUT2D eigenvalue weighted by Crippen LogP contribution is 2.30. The number of halogens is 4. The van der Waals surface area contributed by atoms with Crippen molar-refractivity contribution in [1.29, 1.82) is 0 Å². The highest BCUT2D eigenvalue weighted by atomic mass is 35.5. The van der Waals surface area contributed by atoms with Crippen LogP contribution in [0.25, 0.3) is 5.69 Å². The molecule has 0 radical (unpaired) electrons. The first-order chi connectivity index (χ1) is 12.3. The van der Waals surface area contributed by atoms with Gasteiger partial charge in [-0.15, -0.1) is 12.4 Å². The Morgan fingerprint density at radius 2 is 1.93 bits per heavy atom. The van der Waals surface area contributed by atoms with Crippen LogP contribution in [-0.4, -0.2) is 39.7 Å². The minimum Gasteiger partial charge on any atom is -0.339 e. The summed E-state index contributed by atoms with van der Waals surface area (Å²) < 4.78 is 40.0. The first-order valence-electron chi connectivity index (χ1n) is 8.54. The molecule has 1 atom stereocenters. The van der Waals surface area contributed by atoms with Gasteiger partial charge < -0.3 is 10.6 Å². The fourth-order valence-corrected chi connectivity index (χ4v) is 3.31. The Balaban J connectivity index is 0.00000261. The molecule has 1 aliphatic rings. The van der Waals surface area contributed by atoms with Gasteiger partial charge in [-0.1, -0.05) is 6.07 Å². The highest BCUT2D eigenvalue weighted by molar-refractivity contribution is 5.94. The van der Waals surface area contributed by atoms with Gasteiger partial charge in [-0.25, -0.2) is 4.68 Å². The molecule has 1 aromatic carbocycles. The maximum absolute atomic E-state index is 13.1. The lowest BCUT2D eigenvalue weighted by atomic mass is 9.90. The standard InChI is InChI=1S/C18H21F3N4O.ClH/c1-12(22)13-6-9-24(10-7-13)17(26)14-3-2-4-15(11-14)25-16(5-8-23-25)18(19,20)21;/h2-5,8,11-13H,6-7,9-10,22H2,1H3;1H. The molecule has 2 aromatic rings. The number of rotatable bonds is 3. The van der Waals surface area contributed by atoms with Crippen molar-refractivity contribution in [3.63, 3.8) is 0 Å². The molecule has 1 saturated heterocycles. The van der Waals surface area contributed by atoms with Crippen molar-refractivity contribution < 1.29 is 18.0 Å². The van der Waals surface area contributed by atoms with Gasteiger partial charge in [-0.05, 0) is 49.9 Å². The number of nitrogens with zero attached hydrogens (tertiary/aromatic N) is 3. The van der Waals surface area contributed by atoms with Gasteiger partial charge in [0.2, 0.25) is 0 Å². The van der Waals surface area contributed by atoms with E-state index in [0.29, 0.717) is 24.6 Å². The third-order valence-corrected chi connectivity index (χ3v) is 4.84. The van der Waals surface area contributed by atoms with Crippen LogP contribution in [0.1, 0.15) is 35.8 Å². The Morgan fingerprint density at radius 3 is 2.52 bits per heavy atom. The van der Waals surface area contributed by atoms with E-state index in [1.807, 2.05) is 6.92 Å². The zero-order valence-electron chi connectivity index (χ0n) is 14.8. The normalized spacial score (nSPS) is 16.7. The SMILES string of the molecule is CC(N)C1CCN(C(=O)c2cccc(-n3nccc3C(F)(F)F)c2)CC1.Cl. The van der Waals surface area contributed by atoms with Crippen LogP contribution < -0.4 is 5.73 Å². The summed E-state index contributed by atoms with van der Waals surface area (Å²) in [7, 11) is 0. The van der Waals surface area contributed by atoms with Crippen molar-refractivity contribution in [2.75, 3.05) is 13.1 Å². The zero-order valence-corrected chi connectivity index (χ0v) is 15.6. The Labute approximate surface area is 161 Å². The van der Waals surface area contributed by atoms with E-state index in [0.717, 1.165) is 29.8 Å². The summed E-state index contributed by atoms with van der Waals surface area (Å²) in [5, 5.41) is 3.75. The number of carbonyl (C=O) groups is 1. The third kappa shape index (κ3) is 4.62. The smallest absolute Gasteiger partial charge is 0.339 e. The van der Waals surface area contributed by atoms with E-state index in [9.17, 15) is 18.0 Å². The molecule has 0 spiro atoms. The van der Waals surface area contributed by atoms with Gasteiger partial charge in [0.05, 0.1) is 11.9 Å². The topological polar surface area (TPSA) is 64.2 Å². The van der Waals surface area contributed by atoms with Gasteiger partial charge in [-0.3, -0.25) is 4.79 Å². The van der Waals surface area contributed by atoms with Crippen molar-refractivity contribution >= 4 is 18.3 Å². The Kier molecular flexibility index (Phi) is 6.54. The second-order valence-electron chi connectivity index (χ2n) is 6.67. The van der Waals surface area contributed by atoms with Gasteiger partial charge in [0, 0.05) is 24.7 Å². The molecule has 9 heteroatoms. The minimum atomic E-state index is -4.52. The van der Waals surface area contributed by atoms with Crippen LogP contribution >= 0.6 is 12.4 Å². The zero-order chi connectivity index (χ0) is 18.9. The lowest BCUT2D eigenvalue weighted by molar-refractivity contribution is -0.142. The van der Waals surface area contributed by atoms with Crippen molar-refractivity contribution in [3.8, 4) is 5.69 Å². The molecule has 1 fully saturated rings. The summed E-state index contributed by atoms with van der Waals surface area (Å²) in [5.74, 6) is 0.208. The van der Waals surface area contributed by atoms with Gasteiger partial charge >= 0.3 is 6.18 Å². The average molecular weight is 403 g/mol. The van der Waals surface area contributed by atoms with Crippen molar-refractivity contribution in [2.24, 2.45) is 11.7 Å². The lowest BCUT2D eigenvalue weighted by Crippen LogP contribution is -2.42. The summed E-state index contributed by atoms with van der Waals surface area (Å²) in [5.41, 5.74) is 5.60. The maximum Gasteiger partial charge on any atom is 0.433 e. The number of carbonyl (C=O) groups excluding carboxylic acids is 1. The molecular weight excluding hydrogens is 381 g/mol. The van der Waals surface area contributed by atoms with E-state index in [4.69, 9.17) is 5.73 Å². The summed E-state index contributed by atoms with van der Waals surface area (Å²) in [6.45, 7) is 3.17. The van der Waals surface area contributed by atoms with Crippen LogP contribution in [0, 0.1) is 5.92 Å². The van der Waals surface area contributed by atoms with E-state index in [1.165, 1.54) is 12.1 Å². The Morgan fingerprint density at radius 1 is 1.26 bits per heavy atom. The van der Waals surface area contributed by atoms with Crippen LogP contribution in [0.3, 0.4) is 0 Å². The monoisotopic (exact) mass is 402 g/mol. The molecular formula is C18H22ClF3N4O. The molecule has 148 valence electrons. The predicted octanol–water partition coefficient (Wildman–Crippen LogP) is 3.51. The highest BCUT2D eigenvalue weighted by Gasteiger charge is 2.35. The number of nitrogens with two attached hydrogens (primary N) is 1. The van der Waals surface area contributed by atoms with Crippen LogP contribution in [0.4, 0.5) is 13.2 Å². The molecule has 0 saturated carbocycles. The van der Waals surface area contributed by atoms with E-state index in [2.05, 4.69) is 5.10 Å². The molecule has 2 N–H and O–H groups in total. The number of benzene rings is 1. The number of hydrogen-bond donors (Lipinski definition) is 1. The Hall–Kier alpha value is -2.06. The van der Waals surface area contributed by atoms with Crippen LogP contribution in [0.15, 0.2) is 36.5 Å². The molecule has 1 amide bonds. The molecule has 2 heterocycles. The molecule has 0 bridgehead atoms. The summed E-state index contributed by atoms with van der Waals surface area (Å²) >= 11 is 0. The van der Waals surface area contributed by atoms with E-state index in [-0.39, 0.29) is 30.0 Å². The van der Waals surface area contributed by atoms with Gasteiger partial charge in [0.25, 0.3) is 5.91 Å². The molecule has 27 heavy (non-hydrogen) atoms. The average Bonchev–Trinajstić information content (AvgIpc) is 3.11. The van der Waals surface area contributed by atoms with Crippen LogP contribution in [0.2, 0.25) is 0 Å². The van der Waals surface area contributed by atoms with Crippen LogP contribution in [-0.2, 0) is 6.18 Å². The lowest BCUT2D eigenvalue weighted by Gasteiger charge is -2.33. The second-order valence-corrected chi connectivity index (χ2v) is 6.67. The van der Waals surface area contributed by atoms with Gasteiger partial charge in [-0.2, -0.15) is 18.3 Å². The minimum absolute atomic E-state index is 0. The fraction of sp³-hybridized carbons (Fsp3) is 0.444. The van der Waals surface area contributed by atoms with Crippen LogP contribution in [0.5, 0.6) is 0 Å². The summed E-state index contributed by atoms with van der Waals surface area (Å²) in [6, 6.07) is 7.13. The van der Waals surface area contributed by atoms with Gasteiger partial charge in [0.1, 0.15) is 5.69 Å². The molecule has 1 aromatic heterocycles. The summed E-state index contributed by atoms with van der Waals surface area (Å²) in [4.78, 5) is 14.5. The number of aromatic nitrogens is 2. The number of amides is 1. The van der Waals surface area contributed by atoms with Crippen molar-refractivity contribution in [1.82, 2.24) is 14.7 Å². The molecule has 5 nitrogen and oxygen atoms in total. The van der Waals surface area contributed by atoms with Gasteiger partial charge in [0.15, 0.2) is 0 Å². The van der Waals surface area contributed by atoms with Crippen molar-refractivity contribution in [3.05, 3.63) is 47.8 Å². The third-order valence-electron chi connectivity index (χ3n) is 4.84. The number of hydrogen-bond acceptors (Lipinski definition) is 3. The van der Waals surface area contributed by atoms with E-state index >= 15 is 0 Å². The van der Waals surface area contributed by atoms with E-state index in [1.54, 1.807) is 17.0 Å². The number of piperidine rings is 1. The first kappa shape index (κ1) is 21.2. The Bertz CT molecular complexity index is 783.